The first-order valence-corrected chi connectivity index (χ1v) is 7.46. The third-order valence-electron chi connectivity index (χ3n) is 4.05. The molecule has 4 nitrogen and oxygen atoms in total. The van der Waals surface area contributed by atoms with Crippen LogP contribution in [0.4, 0.5) is 5.69 Å². The molecule has 1 aliphatic carbocycles. The van der Waals surface area contributed by atoms with Gasteiger partial charge in [0.1, 0.15) is 0 Å². The molecule has 2 rings (SSSR count). The van der Waals surface area contributed by atoms with Gasteiger partial charge in [-0.2, -0.15) is 0 Å². The lowest BCUT2D eigenvalue weighted by atomic mass is 10.1. The van der Waals surface area contributed by atoms with Crippen LogP contribution in [0.25, 0.3) is 0 Å². The Morgan fingerprint density at radius 2 is 2.10 bits per heavy atom. The summed E-state index contributed by atoms with van der Waals surface area (Å²) in [5.41, 5.74) is 7.37. The number of carbonyl (C=O) groups is 1. The van der Waals surface area contributed by atoms with Gasteiger partial charge in [-0.15, -0.1) is 12.4 Å². The van der Waals surface area contributed by atoms with E-state index in [0.29, 0.717) is 24.7 Å². The number of nitrogen functional groups attached to an aromatic ring is 1. The Labute approximate surface area is 133 Å². The summed E-state index contributed by atoms with van der Waals surface area (Å²) >= 11 is 0. The lowest BCUT2D eigenvalue weighted by Gasteiger charge is -2.23. The zero-order chi connectivity index (χ0) is 14.4. The predicted octanol–water partition coefficient (Wildman–Crippen LogP) is 2.22. The van der Waals surface area contributed by atoms with E-state index in [-0.39, 0.29) is 18.3 Å². The number of nitrogens with two attached hydrogens (primary N) is 1. The molecule has 0 radical (unpaired) electrons. The molecule has 0 bridgehead atoms. The average molecular weight is 312 g/mol. The third-order valence-corrected chi connectivity index (χ3v) is 4.05. The Morgan fingerprint density at radius 3 is 2.76 bits per heavy atom. The van der Waals surface area contributed by atoms with Gasteiger partial charge in [-0.1, -0.05) is 25.0 Å². The number of amides is 1. The van der Waals surface area contributed by atoms with E-state index in [4.69, 9.17) is 5.73 Å². The van der Waals surface area contributed by atoms with E-state index in [1.165, 1.54) is 25.7 Å². The first-order valence-electron chi connectivity index (χ1n) is 7.46. The molecule has 1 aliphatic rings. The fourth-order valence-corrected chi connectivity index (χ4v) is 2.85. The highest BCUT2D eigenvalue weighted by molar-refractivity contribution is 5.85. The summed E-state index contributed by atoms with van der Waals surface area (Å²) in [4.78, 5) is 14.2. The molecule has 1 aromatic carbocycles. The summed E-state index contributed by atoms with van der Waals surface area (Å²) < 4.78 is 0. The van der Waals surface area contributed by atoms with Crippen molar-refractivity contribution in [2.24, 2.45) is 0 Å². The summed E-state index contributed by atoms with van der Waals surface area (Å²) in [6, 6.07) is 8.20. The number of anilines is 1. The number of rotatable bonds is 6. The minimum absolute atomic E-state index is 0. The number of halogens is 1. The fourth-order valence-electron chi connectivity index (χ4n) is 2.85. The van der Waals surface area contributed by atoms with Gasteiger partial charge in [0, 0.05) is 24.8 Å². The highest BCUT2D eigenvalue weighted by Crippen LogP contribution is 2.21. The quantitative estimate of drug-likeness (QED) is 0.792. The first-order chi connectivity index (χ1) is 9.65. The van der Waals surface area contributed by atoms with Crippen LogP contribution in [0.15, 0.2) is 24.3 Å². The van der Waals surface area contributed by atoms with Gasteiger partial charge in [0.15, 0.2) is 0 Å². The zero-order valence-electron chi connectivity index (χ0n) is 12.7. The van der Waals surface area contributed by atoms with Crippen LogP contribution in [-0.2, 0) is 11.2 Å². The molecule has 0 spiro atoms. The van der Waals surface area contributed by atoms with Crippen LogP contribution in [0.5, 0.6) is 0 Å². The molecule has 0 aromatic heterocycles. The highest BCUT2D eigenvalue weighted by Gasteiger charge is 2.18. The first kappa shape index (κ1) is 17.8. The highest BCUT2D eigenvalue weighted by atomic mass is 35.5. The molecule has 21 heavy (non-hydrogen) atoms. The van der Waals surface area contributed by atoms with Crippen molar-refractivity contribution in [1.82, 2.24) is 10.2 Å². The molecule has 0 saturated heterocycles. The number of nitrogens with zero attached hydrogens (tertiary/aromatic N) is 1. The molecule has 3 N–H and O–H groups in total. The molecular weight excluding hydrogens is 286 g/mol. The minimum Gasteiger partial charge on any atom is -0.399 e. The monoisotopic (exact) mass is 311 g/mol. The molecule has 118 valence electrons. The van der Waals surface area contributed by atoms with E-state index in [0.717, 1.165) is 12.1 Å². The smallest absolute Gasteiger partial charge is 0.224 e. The molecule has 0 aliphatic heterocycles. The van der Waals surface area contributed by atoms with Gasteiger partial charge in [-0.05, 0) is 37.6 Å². The van der Waals surface area contributed by atoms with Crippen molar-refractivity contribution in [3.8, 4) is 0 Å². The van der Waals surface area contributed by atoms with Gasteiger partial charge in [0.25, 0.3) is 0 Å². The topological polar surface area (TPSA) is 58.4 Å². The van der Waals surface area contributed by atoms with Crippen LogP contribution in [0.2, 0.25) is 0 Å². The largest absolute Gasteiger partial charge is 0.399 e. The van der Waals surface area contributed by atoms with Crippen LogP contribution in [-0.4, -0.2) is 37.0 Å². The number of hydrogen-bond donors (Lipinski definition) is 2. The Morgan fingerprint density at radius 1 is 1.38 bits per heavy atom. The van der Waals surface area contributed by atoms with Crippen molar-refractivity contribution in [2.45, 2.75) is 38.1 Å². The van der Waals surface area contributed by atoms with Crippen LogP contribution in [0, 0.1) is 0 Å². The molecule has 5 heteroatoms. The van der Waals surface area contributed by atoms with Crippen molar-refractivity contribution in [2.75, 3.05) is 25.9 Å². The van der Waals surface area contributed by atoms with Crippen molar-refractivity contribution in [1.29, 1.82) is 0 Å². The normalized spacial score (nSPS) is 15.0. The van der Waals surface area contributed by atoms with Gasteiger partial charge in [-0.3, -0.25) is 4.79 Å². The van der Waals surface area contributed by atoms with Gasteiger partial charge < -0.3 is 16.0 Å². The zero-order valence-corrected chi connectivity index (χ0v) is 13.5. The minimum atomic E-state index is 0. The second kappa shape index (κ2) is 8.90. The second-order valence-electron chi connectivity index (χ2n) is 5.69. The van der Waals surface area contributed by atoms with E-state index < -0.39 is 0 Å². The van der Waals surface area contributed by atoms with Crippen LogP contribution in [0.1, 0.15) is 31.2 Å². The SMILES string of the molecule is CN(CCNC(=O)Cc1cccc(N)c1)C1CCCC1.Cl. The van der Waals surface area contributed by atoms with Crippen LogP contribution in [0.3, 0.4) is 0 Å². The average Bonchev–Trinajstić information content (AvgIpc) is 2.92. The molecule has 0 unspecified atom stereocenters. The number of likely N-dealkylation sites (N-methyl/N-ethyl adjacent to an activating group) is 1. The molecule has 1 amide bonds. The Bertz CT molecular complexity index is 447. The van der Waals surface area contributed by atoms with Crippen LogP contribution < -0.4 is 11.1 Å². The maximum Gasteiger partial charge on any atom is 0.224 e. The van der Waals surface area contributed by atoms with Gasteiger partial charge in [0.2, 0.25) is 5.91 Å². The maximum absolute atomic E-state index is 11.9. The number of benzene rings is 1. The Hall–Kier alpha value is -1.26. The molecule has 1 saturated carbocycles. The number of nitrogens with one attached hydrogen (secondary N) is 1. The Balaban J connectivity index is 0.00000220. The van der Waals surface area contributed by atoms with E-state index >= 15 is 0 Å². The van der Waals surface area contributed by atoms with Crippen LogP contribution >= 0.6 is 12.4 Å². The lowest BCUT2D eigenvalue weighted by Crippen LogP contribution is -2.37. The number of hydrogen-bond acceptors (Lipinski definition) is 3. The van der Waals surface area contributed by atoms with E-state index in [9.17, 15) is 4.79 Å². The van der Waals surface area contributed by atoms with Gasteiger partial charge in [-0.25, -0.2) is 0 Å². The molecule has 1 aromatic rings. The summed E-state index contributed by atoms with van der Waals surface area (Å²) in [6.07, 6.45) is 5.69. The molecule has 0 heterocycles. The summed E-state index contributed by atoms with van der Waals surface area (Å²) in [5.74, 6) is 0.0652. The molecular formula is C16H26ClN3O. The molecule has 0 atom stereocenters. The Kier molecular flexibility index (Phi) is 7.54. The van der Waals surface area contributed by atoms with Gasteiger partial charge in [0.05, 0.1) is 6.42 Å². The van der Waals surface area contributed by atoms with Crippen molar-refractivity contribution >= 4 is 24.0 Å². The third kappa shape index (κ3) is 5.94. The van der Waals surface area contributed by atoms with E-state index in [1.807, 2.05) is 24.3 Å². The second-order valence-corrected chi connectivity index (χ2v) is 5.69. The predicted molar refractivity (Wildman–Crippen MR) is 89.7 cm³/mol. The standard InChI is InChI=1S/C16H25N3O.ClH/c1-19(15-7-2-3-8-15)10-9-18-16(20)12-13-5-4-6-14(17)11-13;/h4-6,11,15H,2-3,7-10,12,17H2,1H3,(H,18,20);1H. The van der Waals surface area contributed by atoms with Crippen molar-refractivity contribution in [3.63, 3.8) is 0 Å². The maximum atomic E-state index is 11.9. The summed E-state index contributed by atoms with van der Waals surface area (Å²) in [5, 5.41) is 2.98. The lowest BCUT2D eigenvalue weighted by molar-refractivity contribution is -0.120. The van der Waals surface area contributed by atoms with Crippen molar-refractivity contribution in [3.05, 3.63) is 29.8 Å². The van der Waals surface area contributed by atoms with Crippen molar-refractivity contribution < 1.29 is 4.79 Å². The van der Waals surface area contributed by atoms with E-state index in [1.54, 1.807) is 0 Å². The fraction of sp³-hybridized carbons (Fsp3) is 0.562. The summed E-state index contributed by atoms with van der Waals surface area (Å²) in [6.45, 7) is 1.64. The summed E-state index contributed by atoms with van der Waals surface area (Å²) in [7, 11) is 2.15. The number of carbonyl (C=O) groups excluding carboxylic acids is 1. The van der Waals surface area contributed by atoms with E-state index in [2.05, 4.69) is 17.3 Å². The molecule has 1 fully saturated rings. The van der Waals surface area contributed by atoms with Gasteiger partial charge >= 0.3 is 0 Å².